The second kappa shape index (κ2) is 4.67. The van der Waals surface area contributed by atoms with E-state index in [4.69, 9.17) is 9.52 Å². The zero-order chi connectivity index (χ0) is 9.68. The highest BCUT2D eigenvalue weighted by Gasteiger charge is 2.05. The first kappa shape index (κ1) is 9.80. The molecule has 0 bridgehead atoms. The van der Waals surface area contributed by atoms with Crippen molar-refractivity contribution in [1.29, 1.82) is 0 Å². The van der Waals surface area contributed by atoms with Crippen LogP contribution in [0.2, 0.25) is 0 Å². The van der Waals surface area contributed by atoms with Gasteiger partial charge in [0.25, 0.3) is 5.91 Å². The highest BCUT2D eigenvalue weighted by Crippen LogP contribution is 1.99. The van der Waals surface area contributed by atoms with E-state index in [-0.39, 0.29) is 12.0 Å². The van der Waals surface area contributed by atoms with Gasteiger partial charge in [-0.05, 0) is 19.4 Å². The van der Waals surface area contributed by atoms with E-state index in [9.17, 15) is 4.79 Å². The first-order valence-corrected chi connectivity index (χ1v) is 4.18. The average molecular weight is 183 g/mol. The van der Waals surface area contributed by atoms with Crippen LogP contribution in [-0.2, 0) is 0 Å². The summed E-state index contributed by atoms with van der Waals surface area (Å²) >= 11 is 0. The maximum atomic E-state index is 11.2. The standard InChI is InChI=1S/C9H13NO3/c1-7(11)2-4-10-9(12)8-3-5-13-6-8/h3,5-7,11H,2,4H2,1H3,(H,10,12). The van der Waals surface area contributed by atoms with Crippen LogP contribution in [0.3, 0.4) is 0 Å². The van der Waals surface area contributed by atoms with Crippen LogP contribution in [0, 0.1) is 0 Å². The minimum atomic E-state index is -0.385. The molecule has 1 atom stereocenters. The summed E-state index contributed by atoms with van der Waals surface area (Å²) in [6.07, 6.45) is 3.01. The van der Waals surface area contributed by atoms with Crippen molar-refractivity contribution in [3.63, 3.8) is 0 Å². The molecule has 1 heterocycles. The molecule has 0 saturated heterocycles. The molecule has 1 aromatic rings. The lowest BCUT2D eigenvalue weighted by atomic mass is 10.2. The minimum Gasteiger partial charge on any atom is -0.472 e. The Hall–Kier alpha value is -1.29. The summed E-state index contributed by atoms with van der Waals surface area (Å²) in [5.74, 6) is -0.172. The largest absolute Gasteiger partial charge is 0.472 e. The highest BCUT2D eigenvalue weighted by molar-refractivity contribution is 5.93. The molecule has 1 unspecified atom stereocenters. The third kappa shape index (κ3) is 3.29. The lowest BCUT2D eigenvalue weighted by Crippen LogP contribution is -2.26. The Kier molecular flexibility index (Phi) is 3.52. The van der Waals surface area contributed by atoms with Crippen LogP contribution in [-0.4, -0.2) is 23.7 Å². The Morgan fingerprint density at radius 3 is 3.08 bits per heavy atom. The van der Waals surface area contributed by atoms with Gasteiger partial charge in [0.15, 0.2) is 0 Å². The number of rotatable bonds is 4. The molecule has 1 rings (SSSR count). The quantitative estimate of drug-likeness (QED) is 0.725. The predicted octanol–water partition coefficient (Wildman–Crippen LogP) is 0.780. The van der Waals surface area contributed by atoms with Gasteiger partial charge in [-0.2, -0.15) is 0 Å². The van der Waals surface area contributed by atoms with Crippen LogP contribution < -0.4 is 5.32 Å². The Morgan fingerprint density at radius 1 is 1.77 bits per heavy atom. The van der Waals surface area contributed by atoms with Crippen LogP contribution >= 0.6 is 0 Å². The monoisotopic (exact) mass is 183 g/mol. The number of furan rings is 1. The van der Waals surface area contributed by atoms with Crippen molar-refractivity contribution in [3.8, 4) is 0 Å². The number of amides is 1. The van der Waals surface area contributed by atoms with Crippen molar-refractivity contribution >= 4 is 5.91 Å². The summed E-state index contributed by atoms with van der Waals surface area (Å²) in [4.78, 5) is 11.2. The van der Waals surface area contributed by atoms with E-state index in [1.165, 1.54) is 12.5 Å². The molecule has 0 saturated carbocycles. The van der Waals surface area contributed by atoms with E-state index in [1.807, 2.05) is 0 Å². The van der Waals surface area contributed by atoms with Crippen molar-refractivity contribution < 1.29 is 14.3 Å². The molecule has 13 heavy (non-hydrogen) atoms. The van der Waals surface area contributed by atoms with Crippen LogP contribution in [0.15, 0.2) is 23.0 Å². The van der Waals surface area contributed by atoms with Gasteiger partial charge in [0.2, 0.25) is 0 Å². The van der Waals surface area contributed by atoms with Gasteiger partial charge in [-0.25, -0.2) is 0 Å². The zero-order valence-electron chi connectivity index (χ0n) is 7.49. The number of carbonyl (C=O) groups excluding carboxylic acids is 1. The molecule has 0 spiro atoms. The highest BCUT2D eigenvalue weighted by atomic mass is 16.3. The number of aliphatic hydroxyl groups excluding tert-OH is 1. The summed E-state index contributed by atoms with van der Waals surface area (Å²) < 4.78 is 4.75. The Labute approximate surface area is 76.6 Å². The van der Waals surface area contributed by atoms with Crippen molar-refractivity contribution in [2.75, 3.05) is 6.54 Å². The van der Waals surface area contributed by atoms with Gasteiger partial charge >= 0.3 is 0 Å². The summed E-state index contributed by atoms with van der Waals surface area (Å²) in [5.41, 5.74) is 0.505. The third-order valence-corrected chi connectivity index (χ3v) is 1.63. The molecule has 1 amide bonds. The summed E-state index contributed by atoms with van der Waals surface area (Å²) in [5, 5.41) is 11.6. The summed E-state index contributed by atoms with van der Waals surface area (Å²) in [7, 11) is 0. The number of nitrogens with one attached hydrogen (secondary N) is 1. The van der Waals surface area contributed by atoms with E-state index >= 15 is 0 Å². The van der Waals surface area contributed by atoms with E-state index < -0.39 is 0 Å². The lowest BCUT2D eigenvalue weighted by Gasteiger charge is -2.04. The van der Waals surface area contributed by atoms with Gasteiger partial charge < -0.3 is 14.8 Å². The first-order chi connectivity index (χ1) is 6.20. The van der Waals surface area contributed by atoms with Gasteiger partial charge in [-0.1, -0.05) is 0 Å². The van der Waals surface area contributed by atoms with Crippen molar-refractivity contribution in [3.05, 3.63) is 24.2 Å². The van der Waals surface area contributed by atoms with E-state index in [2.05, 4.69) is 5.32 Å². The molecule has 0 aromatic carbocycles. The fraction of sp³-hybridized carbons (Fsp3) is 0.444. The van der Waals surface area contributed by atoms with Crippen molar-refractivity contribution in [1.82, 2.24) is 5.32 Å². The van der Waals surface area contributed by atoms with Crippen LogP contribution in [0.25, 0.3) is 0 Å². The number of hydrogen-bond donors (Lipinski definition) is 2. The van der Waals surface area contributed by atoms with E-state index in [0.29, 0.717) is 18.5 Å². The predicted molar refractivity (Wildman–Crippen MR) is 47.3 cm³/mol. The fourth-order valence-electron chi connectivity index (χ4n) is 0.890. The Bertz CT molecular complexity index is 254. The molecule has 72 valence electrons. The first-order valence-electron chi connectivity index (χ1n) is 4.18. The van der Waals surface area contributed by atoms with Gasteiger partial charge in [0.1, 0.15) is 6.26 Å². The Balaban J connectivity index is 2.27. The van der Waals surface area contributed by atoms with Crippen LogP contribution in [0.5, 0.6) is 0 Å². The second-order valence-corrected chi connectivity index (χ2v) is 2.91. The normalized spacial score (nSPS) is 12.5. The van der Waals surface area contributed by atoms with E-state index in [1.54, 1.807) is 13.0 Å². The molecular formula is C9H13NO3. The molecule has 4 nitrogen and oxygen atoms in total. The van der Waals surface area contributed by atoms with E-state index in [0.717, 1.165) is 0 Å². The molecule has 0 fully saturated rings. The van der Waals surface area contributed by atoms with Gasteiger partial charge in [-0.15, -0.1) is 0 Å². The van der Waals surface area contributed by atoms with Crippen molar-refractivity contribution in [2.24, 2.45) is 0 Å². The topological polar surface area (TPSA) is 62.5 Å². The summed E-state index contributed by atoms with van der Waals surface area (Å²) in [6.45, 7) is 2.16. The zero-order valence-corrected chi connectivity index (χ0v) is 7.49. The smallest absolute Gasteiger partial charge is 0.254 e. The van der Waals surface area contributed by atoms with Crippen LogP contribution in [0.1, 0.15) is 23.7 Å². The SMILES string of the molecule is CC(O)CCNC(=O)c1ccoc1. The molecule has 2 N–H and O–H groups in total. The van der Waals surface area contributed by atoms with Gasteiger partial charge in [0.05, 0.1) is 17.9 Å². The maximum absolute atomic E-state index is 11.2. The fourth-order valence-corrected chi connectivity index (χ4v) is 0.890. The lowest BCUT2D eigenvalue weighted by molar-refractivity contribution is 0.0945. The molecule has 0 aliphatic carbocycles. The molecule has 1 aromatic heterocycles. The summed E-state index contributed by atoms with van der Waals surface area (Å²) in [6, 6.07) is 1.59. The number of aliphatic hydroxyl groups is 1. The third-order valence-electron chi connectivity index (χ3n) is 1.63. The second-order valence-electron chi connectivity index (χ2n) is 2.91. The molecule has 4 heteroatoms. The van der Waals surface area contributed by atoms with Gasteiger partial charge in [-0.3, -0.25) is 4.79 Å². The van der Waals surface area contributed by atoms with Gasteiger partial charge in [0, 0.05) is 6.54 Å². The Morgan fingerprint density at radius 2 is 2.54 bits per heavy atom. The number of hydrogen-bond acceptors (Lipinski definition) is 3. The average Bonchev–Trinajstić information content (AvgIpc) is 2.55. The minimum absolute atomic E-state index is 0.172. The maximum Gasteiger partial charge on any atom is 0.254 e. The molecular weight excluding hydrogens is 170 g/mol. The molecule has 0 aliphatic heterocycles. The van der Waals surface area contributed by atoms with Crippen molar-refractivity contribution in [2.45, 2.75) is 19.4 Å². The molecule has 0 radical (unpaired) electrons. The molecule has 0 aliphatic rings. The number of carbonyl (C=O) groups is 1. The van der Waals surface area contributed by atoms with Crippen LogP contribution in [0.4, 0.5) is 0 Å².